The molecule has 96 valence electrons. The molecule has 0 saturated carbocycles. The number of carbonyl (C=O) groups excluding carboxylic acids is 1. The lowest BCUT2D eigenvalue weighted by Crippen LogP contribution is -2.45. The van der Waals surface area contributed by atoms with Crippen molar-refractivity contribution in [3.63, 3.8) is 0 Å². The normalized spacial score (nSPS) is 14.9. The Bertz CT molecular complexity index is 231. The smallest absolute Gasteiger partial charge is 0.133 e. The van der Waals surface area contributed by atoms with Crippen LogP contribution in [0.4, 0.5) is 0 Å². The second-order valence-electron chi connectivity index (χ2n) is 6.29. The van der Waals surface area contributed by atoms with Crippen molar-refractivity contribution in [2.75, 3.05) is 0 Å². The molecule has 2 heteroatoms. The number of rotatable bonds is 7. The first-order valence-corrected chi connectivity index (χ1v) is 9.81. The Balaban J connectivity index is 4.82. The number of Topliss-reactive ketones (excluding diaryl/α,β-unsaturated/α-hetero) is 1. The maximum absolute atomic E-state index is 12.1. The Morgan fingerprint density at radius 1 is 1.19 bits per heavy atom. The van der Waals surface area contributed by atoms with E-state index in [2.05, 4.69) is 47.7 Å². The van der Waals surface area contributed by atoms with Crippen LogP contribution in [0.3, 0.4) is 0 Å². The molecule has 0 N–H and O–H groups in total. The molecule has 0 heterocycles. The molecule has 0 aromatic rings. The third-order valence-electron chi connectivity index (χ3n) is 4.68. The van der Waals surface area contributed by atoms with E-state index in [0.29, 0.717) is 16.4 Å². The number of hydrogen-bond donors (Lipinski definition) is 0. The zero-order valence-electron chi connectivity index (χ0n) is 12.3. The summed E-state index contributed by atoms with van der Waals surface area (Å²) in [6.07, 6.45) is 4.22. The van der Waals surface area contributed by atoms with Gasteiger partial charge in [0, 0.05) is 12.0 Å². The molecule has 0 radical (unpaired) electrons. The molecule has 0 fully saturated rings. The third-order valence-corrected chi connectivity index (χ3v) is 10.9. The predicted octanol–water partition coefficient (Wildman–Crippen LogP) is 5.03. The number of carbonyl (C=O) groups is 1. The Morgan fingerprint density at radius 2 is 1.69 bits per heavy atom. The van der Waals surface area contributed by atoms with E-state index < -0.39 is 8.07 Å². The minimum atomic E-state index is -1.51. The maximum Gasteiger partial charge on any atom is 0.133 e. The van der Waals surface area contributed by atoms with Crippen LogP contribution in [0.15, 0.2) is 0 Å². The highest BCUT2D eigenvalue weighted by Gasteiger charge is 2.44. The summed E-state index contributed by atoms with van der Waals surface area (Å²) in [5.74, 6) is 0.489. The van der Waals surface area contributed by atoms with E-state index in [4.69, 9.17) is 0 Å². The lowest BCUT2D eigenvalue weighted by Gasteiger charge is -2.44. The fourth-order valence-corrected chi connectivity index (χ4v) is 5.41. The first-order valence-electron chi connectivity index (χ1n) is 6.73. The molecule has 0 saturated heterocycles. The molecule has 0 bridgehead atoms. The zero-order chi connectivity index (χ0) is 13.0. The van der Waals surface area contributed by atoms with E-state index in [1.165, 1.54) is 12.8 Å². The van der Waals surface area contributed by atoms with Crippen LogP contribution in [0.5, 0.6) is 0 Å². The SMILES string of the molecule is CCCC(=O)[C@H](C)[Si](C)(C)C(C)(C)CCC. The van der Waals surface area contributed by atoms with Gasteiger partial charge < -0.3 is 0 Å². The monoisotopic (exact) mass is 242 g/mol. The van der Waals surface area contributed by atoms with Gasteiger partial charge in [0.25, 0.3) is 0 Å². The highest BCUT2D eigenvalue weighted by atomic mass is 28.3. The summed E-state index contributed by atoms with van der Waals surface area (Å²) in [6.45, 7) is 16.0. The van der Waals surface area contributed by atoms with Crippen LogP contribution in [0.1, 0.15) is 60.3 Å². The molecule has 0 aromatic heterocycles. The summed E-state index contributed by atoms with van der Waals surface area (Å²) in [4.78, 5) is 12.1. The van der Waals surface area contributed by atoms with Gasteiger partial charge in [0.05, 0.1) is 8.07 Å². The summed E-state index contributed by atoms with van der Waals surface area (Å²) in [7, 11) is -1.51. The maximum atomic E-state index is 12.1. The topological polar surface area (TPSA) is 17.1 Å². The van der Waals surface area contributed by atoms with Crippen molar-refractivity contribution in [1.82, 2.24) is 0 Å². The molecule has 0 amide bonds. The molecule has 0 aromatic carbocycles. The summed E-state index contributed by atoms with van der Waals surface area (Å²) >= 11 is 0. The van der Waals surface area contributed by atoms with E-state index >= 15 is 0 Å². The average molecular weight is 242 g/mol. The van der Waals surface area contributed by atoms with Crippen LogP contribution in [0, 0.1) is 0 Å². The fourth-order valence-electron chi connectivity index (χ4n) is 2.40. The van der Waals surface area contributed by atoms with Gasteiger partial charge in [-0.3, -0.25) is 4.79 Å². The van der Waals surface area contributed by atoms with Gasteiger partial charge in [-0.2, -0.15) is 0 Å². The molecule has 0 rings (SSSR count). The van der Waals surface area contributed by atoms with Gasteiger partial charge in [-0.25, -0.2) is 0 Å². The minimum absolute atomic E-state index is 0.300. The van der Waals surface area contributed by atoms with Crippen molar-refractivity contribution in [1.29, 1.82) is 0 Å². The van der Waals surface area contributed by atoms with E-state index in [1.54, 1.807) is 0 Å². The predicted molar refractivity (Wildman–Crippen MR) is 75.8 cm³/mol. The number of ketones is 1. The lowest BCUT2D eigenvalue weighted by atomic mass is 10.1. The molecule has 0 aliphatic carbocycles. The van der Waals surface area contributed by atoms with Crippen molar-refractivity contribution in [2.24, 2.45) is 0 Å². The Labute approximate surface area is 103 Å². The first kappa shape index (κ1) is 15.9. The molecule has 1 atom stereocenters. The van der Waals surface area contributed by atoms with Crippen molar-refractivity contribution >= 4 is 13.9 Å². The van der Waals surface area contributed by atoms with Gasteiger partial charge in [-0.1, -0.05) is 60.6 Å². The average Bonchev–Trinajstić information content (AvgIpc) is 2.16. The van der Waals surface area contributed by atoms with Gasteiger partial charge >= 0.3 is 0 Å². The fraction of sp³-hybridized carbons (Fsp3) is 0.929. The van der Waals surface area contributed by atoms with E-state index in [0.717, 1.165) is 12.8 Å². The first-order chi connectivity index (χ1) is 7.20. The van der Waals surface area contributed by atoms with Gasteiger partial charge in [-0.15, -0.1) is 0 Å². The molecule has 0 aliphatic rings. The zero-order valence-corrected chi connectivity index (χ0v) is 13.3. The summed E-state index contributed by atoms with van der Waals surface area (Å²) < 4.78 is 0. The van der Waals surface area contributed by atoms with Crippen molar-refractivity contribution in [2.45, 2.75) is 84.0 Å². The van der Waals surface area contributed by atoms with Crippen LogP contribution >= 0.6 is 0 Å². The van der Waals surface area contributed by atoms with Gasteiger partial charge in [0.2, 0.25) is 0 Å². The van der Waals surface area contributed by atoms with Crippen LogP contribution in [-0.2, 0) is 4.79 Å². The standard InChI is InChI=1S/C14H30OSi/c1-8-10-13(15)12(3)16(6,7)14(4,5)11-9-2/h12H,8-11H2,1-7H3/t12-/m0/s1. The summed E-state index contributed by atoms with van der Waals surface area (Å²) in [6, 6.07) is 0. The van der Waals surface area contributed by atoms with E-state index in [9.17, 15) is 4.79 Å². The van der Waals surface area contributed by atoms with Crippen LogP contribution in [0.2, 0.25) is 23.7 Å². The Kier molecular flexibility index (Phi) is 5.95. The Morgan fingerprint density at radius 3 is 2.06 bits per heavy atom. The lowest BCUT2D eigenvalue weighted by molar-refractivity contribution is -0.118. The minimum Gasteiger partial charge on any atom is -0.300 e. The second-order valence-corrected chi connectivity index (χ2v) is 12.0. The van der Waals surface area contributed by atoms with Crippen LogP contribution in [-0.4, -0.2) is 13.9 Å². The van der Waals surface area contributed by atoms with Crippen molar-refractivity contribution in [3.05, 3.63) is 0 Å². The van der Waals surface area contributed by atoms with Crippen molar-refractivity contribution in [3.8, 4) is 0 Å². The van der Waals surface area contributed by atoms with E-state index in [-0.39, 0.29) is 0 Å². The second kappa shape index (κ2) is 5.99. The molecule has 0 spiro atoms. The van der Waals surface area contributed by atoms with Gasteiger partial charge in [0.1, 0.15) is 5.78 Å². The quantitative estimate of drug-likeness (QED) is 0.572. The largest absolute Gasteiger partial charge is 0.300 e. The summed E-state index contributed by atoms with van der Waals surface area (Å²) in [5.41, 5.74) is 0.300. The highest BCUT2D eigenvalue weighted by molar-refractivity contribution is 6.84. The molecular formula is C14H30OSi. The molecule has 16 heavy (non-hydrogen) atoms. The third kappa shape index (κ3) is 3.44. The van der Waals surface area contributed by atoms with Gasteiger partial charge in [-0.05, 0) is 11.5 Å². The Hall–Kier alpha value is -0.113. The number of hydrogen-bond acceptors (Lipinski definition) is 1. The molecule has 0 aliphatic heterocycles. The van der Waals surface area contributed by atoms with Crippen molar-refractivity contribution < 1.29 is 4.79 Å². The molecular weight excluding hydrogens is 212 g/mol. The van der Waals surface area contributed by atoms with Gasteiger partial charge in [0.15, 0.2) is 0 Å². The summed E-state index contributed by atoms with van der Waals surface area (Å²) in [5, 5.41) is 0.366. The van der Waals surface area contributed by atoms with Crippen LogP contribution in [0.25, 0.3) is 0 Å². The van der Waals surface area contributed by atoms with E-state index in [1.807, 2.05) is 0 Å². The highest BCUT2D eigenvalue weighted by Crippen LogP contribution is 2.47. The van der Waals surface area contributed by atoms with Crippen LogP contribution < -0.4 is 0 Å². The molecule has 1 nitrogen and oxygen atoms in total. The molecule has 0 unspecified atom stereocenters.